The van der Waals surface area contributed by atoms with Crippen molar-refractivity contribution in [1.29, 1.82) is 0 Å². The van der Waals surface area contributed by atoms with Gasteiger partial charge in [-0.3, -0.25) is 4.79 Å². The van der Waals surface area contributed by atoms with E-state index in [0.29, 0.717) is 13.0 Å². The summed E-state index contributed by atoms with van der Waals surface area (Å²) in [6.45, 7) is 2.16. The predicted molar refractivity (Wildman–Crippen MR) is 97.4 cm³/mol. The van der Waals surface area contributed by atoms with Crippen molar-refractivity contribution in [1.82, 2.24) is 5.32 Å². The van der Waals surface area contributed by atoms with Gasteiger partial charge in [0.2, 0.25) is 12.0 Å². The van der Waals surface area contributed by atoms with E-state index in [-0.39, 0.29) is 24.6 Å². The standard InChI is InChI=1S/C20H22FNO5/c1-14-4-2-5-17(12-14)26-11-3-6-19(23)22-13-18(20(24)25)27-16-9-7-15(21)8-10-16/h2,4-5,7-10,12,18H,3,6,11,13H2,1H3,(H,22,23)(H,24,25). The number of halogens is 1. The number of aliphatic carboxylic acids is 1. The largest absolute Gasteiger partial charge is 0.494 e. The second-order valence-corrected chi connectivity index (χ2v) is 5.97. The summed E-state index contributed by atoms with van der Waals surface area (Å²) in [5.41, 5.74) is 1.09. The summed E-state index contributed by atoms with van der Waals surface area (Å²) in [5.74, 6) is -1.01. The molecule has 144 valence electrons. The quantitative estimate of drug-likeness (QED) is 0.624. The van der Waals surface area contributed by atoms with Crippen molar-refractivity contribution in [2.24, 2.45) is 0 Å². The molecule has 0 aliphatic heterocycles. The Kier molecular flexibility index (Phi) is 7.61. The number of hydrogen-bond donors (Lipinski definition) is 2. The number of amides is 1. The van der Waals surface area contributed by atoms with Gasteiger partial charge in [-0.15, -0.1) is 0 Å². The van der Waals surface area contributed by atoms with Crippen LogP contribution >= 0.6 is 0 Å². The maximum atomic E-state index is 12.9. The number of aryl methyl sites for hydroxylation is 1. The number of ether oxygens (including phenoxy) is 2. The molecule has 0 aliphatic rings. The highest BCUT2D eigenvalue weighted by atomic mass is 19.1. The first-order chi connectivity index (χ1) is 12.9. The summed E-state index contributed by atoms with van der Waals surface area (Å²) < 4.78 is 23.7. The smallest absolute Gasteiger partial charge is 0.346 e. The molecule has 2 aromatic rings. The van der Waals surface area contributed by atoms with E-state index in [9.17, 15) is 19.1 Å². The summed E-state index contributed by atoms with van der Waals surface area (Å²) in [5, 5.41) is 11.7. The van der Waals surface area contributed by atoms with Gasteiger partial charge in [0.15, 0.2) is 0 Å². The Morgan fingerprint density at radius 2 is 1.89 bits per heavy atom. The number of carbonyl (C=O) groups is 2. The van der Waals surface area contributed by atoms with Crippen LogP contribution in [0.15, 0.2) is 48.5 Å². The first-order valence-corrected chi connectivity index (χ1v) is 8.55. The summed E-state index contributed by atoms with van der Waals surface area (Å²) >= 11 is 0. The van der Waals surface area contributed by atoms with Crippen molar-refractivity contribution in [3.05, 3.63) is 59.9 Å². The minimum absolute atomic E-state index is 0.190. The van der Waals surface area contributed by atoms with E-state index in [1.54, 1.807) is 0 Å². The van der Waals surface area contributed by atoms with Gasteiger partial charge in [0.05, 0.1) is 13.2 Å². The van der Waals surface area contributed by atoms with Crippen molar-refractivity contribution in [3.8, 4) is 11.5 Å². The molecule has 0 spiro atoms. The third-order valence-electron chi connectivity index (χ3n) is 3.66. The molecular formula is C20H22FNO5. The molecule has 0 aromatic heterocycles. The molecule has 1 unspecified atom stereocenters. The fraction of sp³-hybridized carbons (Fsp3) is 0.300. The molecule has 1 atom stereocenters. The normalized spacial score (nSPS) is 11.5. The number of carbonyl (C=O) groups excluding carboxylic acids is 1. The number of carboxylic acid groups (broad SMARTS) is 1. The Morgan fingerprint density at radius 1 is 1.15 bits per heavy atom. The lowest BCUT2D eigenvalue weighted by atomic mass is 10.2. The topological polar surface area (TPSA) is 84.9 Å². The molecule has 6 nitrogen and oxygen atoms in total. The van der Waals surface area contributed by atoms with Crippen LogP contribution in [0.5, 0.6) is 11.5 Å². The molecule has 0 bridgehead atoms. The number of rotatable bonds is 10. The van der Waals surface area contributed by atoms with Gasteiger partial charge < -0.3 is 19.9 Å². The number of carboxylic acids is 1. The van der Waals surface area contributed by atoms with Crippen LogP contribution in [0.4, 0.5) is 4.39 Å². The maximum Gasteiger partial charge on any atom is 0.346 e. The van der Waals surface area contributed by atoms with Crippen molar-refractivity contribution < 1.29 is 28.6 Å². The van der Waals surface area contributed by atoms with Gasteiger partial charge >= 0.3 is 5.97 Å². The van der Waals surface area contributed by atoms with Gasteiger partial charge in [-0.2, -0.15) is 0 Å². The molecule has 27 heavy (non-hydrogen) atoms. The lowest BCUT2D eigenvalue weighted by molar-refractivity contribution is -0.145. The van der Waals surface area contributed by atoms with Gasteiger partial charge in [0.25, 0.3) is 0 Å². The average Bonchev–Trinajstić information content (AvgIpc) is 2.63. The van der Waals surface area contributed by atoms with Crippen molar-refractivity contribution in [2.45, 2.75) is 25.9 Å². The van der Waals surface area contributed by atoms with Gasteiger partial charge in [0, 0.05) is 6.42 Å². The molecule has 0 fully saturated rings. The Balaban J connectivity index is 1.70. The molecular weight excluding hydrogens is 353 g/mol. The van der Waals surface area contributed by atoms with Crippen molar-refractivity contribution in [3.63, 3.8) is 0 Å². The zero-order valence-corrected chi connectivity index (χ0v) is 15.0. The van der Waals surface area contributed by atoms with Crippen LogP contribution in [0, 0.1) is 12.7 Å². The summed E-state index contributed by atoms with van der Waals surface area (Å²) in [4.78, 5) is 23.1. The molecule has 0 radical (unpaired) electrons. The van der Waals surface area contributed by atoms with E-state index in [4.69, 9.17) is 9.47 Å². The zero-order chi connectivity index (χ0) is 19.6. The average molecular weight is 375 g/mol. The van der Waals surface area contributed by atoms with Gasteiger partial charge in [-0.05, 0) is 55.3 Å². The summed E-state index contributed by atoms with van der Waals surface area (Å²) in [6, 6.07) is 12.6. The molecule has 2 rings (SSSR count). The molecule has 0 saturated carbocycles. The number of hydrogen-bond acceptors (Lipinski definition) is 4. The molecule has 0 heterocycles. The van der Waals surface area contributed by atoms with Crippen LogP contribution < -0.4 is 14.8 Å². The molecule has 7 heteroatoms. The number of benzene rings is 2. The Hall–Kier alpha value is -3.09. The van der Waals surface area contributed by atoms with Crippen LogP contribution in [0.1, 0.15) is 18.4 Å². The SMILES string of the molecule is Cc1cccc(OCCCC(=O)NCC(Oc2ccc(F)cc2)C(=O)O)c1. The van der Waals surface area contributed by atoms with E-state index < -0.39 is 17.9 Å². The Bertz CT molecular complexity index is 763. The Morgan fingerprint density at radius 3 is 2.56 bits per heavy atom. The second-order valence-electron chi connectivity index (χ2n) is 5.97. The van der Waals surface area contributed by atoms with Crippen LogP contribution in [0.3, 0.4) is 0 Å². The van der Waals surface area contributed by atoms with Crippen LogP contribution in [-0.2, 0) is 9.59 Å². The van der Waals surface area contributed by atoms with Gasteiger partial charge in [-0.1, -0.05) is 12.1 Å². The lowest BCUT2D eigenvalue weighted by Crippen LogP contribution is -2.40. The highest BCUT2D eigenvalue weighted by molar-refractivity contribution is 5.78. The Labute approximate surface area is 156 Å². The van der Waals surface area contributed by atoms with E-state index in [0.717, 1.165) is 11.3 Å². The third-order valence-corrected chi connectivity index (χ3v) is 3.66. The maximum absolute atomic E-state index is 12.9. The van der Waals surface area contributed by atoms with E-state index in [1.165, 1.54) is 24.3 Å². The summed E-state index contributed by atoms with van der Waals surface area (Å²) in [6.07, 6.45) is -0.562. The minimum Gasteiger partial charge on any atom is -0.494 e. The highest BCUT2D eigenvalue weighted by Gasteiger charge is 2.20. The van der Waals surface area contributed by atoms with Crippen molar-refractivity contribution in [2.75, 3.05) is 13.2 Å². The van der Waals surface area contributed by atoms with E-state index >= 15 is 0 Å². The fourth-order valence-electron chi connectivity index (χ4n) is 2.28. The third kappa shape index (κ3) is 7.35. The first-order valence-electron chi connectivity index (χ1n) is 8.55. The second kappa shape index (κ2) is 10.2. The fourth-order valence-corrected chi connectivity index (χ4v) is 2.28. The monoisotopic (exact) mass is 375 g/mol. The van der Waals surface area contributed by atoms with Crippen LogP contribution in [0.25, 0.3) is 0 Å². The summed E-state index contributed by atoms with van der Waals surface area (Å²) in [7, 11) is 0. The molecule has 2 aromatic carbocycles. The zero-order valence-electron chi connectivity index (χ0n) is 15.0. The molecule has 2 N–H and O–H groups in total. The van der Waals surface area contributed by atoms with E-state index in [1.807, 2.05) is 31.2 Å². The van der Waals surface area contributed by atoms with Crippen LogP contribution in [0.2, 0.25) is 0 Å². The van der Waals surface area contributed by atoms with Crippen molar-refractivity contribution >= 4 is 11.9 Å². The van der Waals surface area contributed by atoms with Gasteiger partial charge in [-0.25, -0.2) is 9.18 Å². The minimum atomic E-state index is -1.26. The first kappa shape index (κ1) is 20.2. The van der Waals surface area contributed by atoms with E-state index in [2.05, 4.69) is 5.32 Å². The lowest BCUT2D eigenvalue weighted by Gasteiger charge is -2.16. The molecule has 0 saturated heterocycles. The highest BCUT2D eigenvalue weighted by Crippen LogP contribution is 2.14. The molecule has 1 amide bonds. The molecule has 0 aliphatic carbocycles. The predicted octanol–water partition coefficient (Wildman–Crippen LogP) is 2.94. The van der Waals surface area contributed by atoms with Gasteiger partial charge in [0.1, 0.15) is 17.3 Å². The number of nitrogens with one attached hydrogen (secondary N) is 1. The van der Waals surface area contributed by atoms with Crippen LogP contribution in [-0.4, -0.2) is 36.2 Å².